The van der Waals surface area contributed by atoms with Gasteiger partial charge >= 0.3 is 0 Å². The normalized spacial score (nSPS) is 17.7. The fourth-order valence-electron chi connectivity index (χ4n) is 5.88. The molecule has 6 heterocycles. The Morgan fingerprint density at radius 1 is 0.895 bits per heavy atom. The summed E-state index contributed by atoms with van der Waals surface area (Å²) in [5.41, 5.74) is 11.8. The second-order valence-corrected chi connectivity index (χ2v) is 9.69. The molecule has 0 amide bonds. The van der Waals surface area contributed by atoms with Crippen LogP contribution in [0.5, 0.6) is 5.88 Å². The molecule has 8 rings (SSSR count). The maximum Gasteiger partial charge on any atom is 0.220 e. The molecule has 2 N–H and O–H groups in total. The van der Waals surface area contributed by atoms with E-state index in [4.69, 9.17) is 20.4 Å². The van der Waals surface area contributed by atoms with Gasteiger partial charge in [-0.3, -0.25) is 4.98 Å². The number of aromatic nitrogens is 6. The number of halogens is 1. The molecule has 0 fully saturated rings. The van der Waals surface area contributed by atoms with E-state index in [1.807, 2.05) is 18.2 Å². The van der Waals surface area contributed by atoms with Gasteiger partial charge in [0.15, 0.2) is 0 Å². The highest BCUT2D eigenvalue weighted by atomic mass is 19.1. The van der Waals surface area contributed by atoms with Gasteiger partial charge in [0.05, 0.1) is 28.6 Å². The van der Waals surface area contributed by atoms with Crippen LogP contribution in [0.4, 0.5) is 10.3 Å². The largest absolute Gasteiger partial charge is 0.475 e. The summed E-state index contributed by atoms with van der Waals surface area (Å²) < 4.78 is 22.2. The number of pyridine rings is 2. The van der Waals surface area contributed by atoms with Crippen LogP contribution >= 0.6 is 0 Å². The first-order valence-electron chi connectivity index (χ1n) is 12.4. The number of nitrogen functional groups attached to an aromatic ring is 1. The zero-order valence-corrected chi connectivity index (χ0v) is 20.0. The number of benzene rings is 2. The predicted molar refractivity (Wildman–Crippen MR) is 141 cm³/mol. The van der Waals surface area contributed by atoms with Crippen LogP contribution in [0.2, 0.25) is 0 Å². The topological polar surface area (TPSA) is 105 Å². The highest BCUT2D eigenvalue weighted by Crippen LogP contribution is 2.50. The first kappa shape index (κ1) is 21.2. The van der Waals surface area contributed by atoms with Crippen LogP contribution in [-0.4, -0.2) is 36.1 Å². The second kappa shape index (κ2) is 7.79. The van der Waals surface area contributed by atoms with Crippen LogP contribution in [-0.2, 0) is 6.42 Å². The highest BCUT2D eigenvalue weighted by Gasteiger charge is 2.43. The van der Waals surface area contributed by atoms with Gasteiger partial charge in [0, 0.05) is 46.6 Å². The van der Waals surface area contributed by atoms with Gasteiger partial charge < -0.3 is 15.0 Å². The third-order valence-electron chi connectivity index (χ3n) is 7.56. The van der Waals surface area contributed by atoms with Crippen molar-refractivity contribution < 1.29 is 9.13 Å². The van der Waals surface area contributed by atoms with Crippen molar-refractivity contribution in [2.45, 2.75) is 18.4 Å². The third kappa shape index (κ3) is 3.05. The number of nitrogens with two attached hydrogens (primary N) is 1. The molecule has 6 aromatic rings. The molecule has 2 unspecified atom stereocenters. The molecule has 0 spiro atoms. The molecule has 0 bridgehead atoms. The Labute approximate surface area is 216 Å². The molecule has 184 valence electrons. The molecule has 38 heavy (non-hydrogen) atoms. The Morgan fingerprint density at radius 2 is 1.76 bits per heavy atom. The molecule has 2 aliphatic rings. The van der Waals surface area contributed by atoms with Crippen molar-refractivity contribution in [1.82, 2.24) is 29.5 Å². The smallest absolute Gasteiger partial charge is 0.220 e. The van der Waals surface area contributed by atoms with Crippen LogP contribution in [0.3, 0.4) is 0 Å². The third-order valence-corrected chi connectivity index (χ3v) is 7.56. The number of fused-ring (bicyclic) bond motifs is 8. The fraction of sp³-hybridized carbons (Fsp3) is 0.138. The van der Waals surface area contributed by atoms with E-state index in [0.717, 1.165) is 56.6 Å². The van der Waals surface area contributed by atoms with Crippen molar-refractivity contribution in [2.24, 2.45) is 0 Å². The Bertz CT molecular complexity index is 1900. The number of hydrogen-bond acceptors (Lipinski definition) is 7. The Morgan fingerprint density at radius 3 is 2.63 bits per heavy atom. The summed E-state index contributed by atoms with van der Waals surface area (Å²) in [7, 11) is 0. The van der Waals surface area contributed by atoms with E-state index in [1.165, 1.54) is 12.1 Å². The van der Waals surface area contributed by atoms with Crippen LogP contribution in [0.15, 0.2) is 73.1 Å². The van der Waals surface area contributed by atoms with E-state index in [0.29, 0.717) is 18.2 Å². The van der Waals surface area contributed by atoms with Gasteiger partial charge in [-0.25, -0.2) is 24.3 Å². The molecule has 2 aliphatic heterocycles. The number of anilines is 1. The van der Waals surface area contributed by atoms with Crippen molar-refractivity contribution in [1.29, 1.82) is 0 Å². The molecular weight excluding hydrogens is 481 g/mol. The van der Waals surface area contributed by atoms with Gasteiger partial charge in [-0.2, -0.15) is 0 Å². The molecule has 0 radical (unpaired) electrons. The number of ether oxygens (including phenoxy) is 1. The summed E-state index contributed by atoms with van der Waals surface area (Å²) in [6, 6.07) is 18.5. The molecule has 0 aliphatic carbocycles. The van der Waals surface area contributed by atoms with E-state index < -0.39 is 0 Å². The first-order chi connectivity index (χ1) is 18.6. The molecule has 2 atom stereocenters. The lowest BCUT2D eigenvalue weighted by Crippen LogP contribution is -2.26. The van der Waals surface area contributed by atoms with Gasteiger partial charge in [-0.05, 0) is 42.5 Å². The van der Waals surface area contributed by atoms with E-state index in [-0.39, 0.29) is 23.7 Å². The van der Waals surface area contributed by atoms with Crippen molar-refractivity contribution in [3.05, 3.63) is 90.3 Å². The lowest BCUT2D eigenvalue weighted by molar-refractivity contribution is 0.206. The summed E-state index contributed by atoms with van der Waals surface area (Å²) in [4.78, 5) is 23.1. The molecule has 2 aromatic carbocycles. The summed E-state index contributed by atoms with van der Waals surface area (Å²) >= 11 is 0. The lowest BCUT2D eigenvalue weighted by atomic mass is 9.89. The van der Waals surface area contributed by atoms with E-state index in [1.54, 1.807) is 24.5 Å². The van der Waals surface area contributed by atoms with Gasteiger partial charge in [0.2, 0.25) is 11.8 Å². The van der Waals surface area contributed by atoms with E-state index >= 15 is 0 Å². The number of hydrogen-bond donors (Lipinski definition) is 1. The van der Waals surface area contributed by atoms with E-state index in [9.17, 15) is 4.39 Å². The molecule has 0 saturated carbocycles. The molecule has 8 nitrogen and oxygen atoms in total. The monoisotopic (exact) mass is 501 g/mol. The second-order valence-electron chi connectivity index (χ2n) is 9.69. The average molecular weight is 502 g/mol. The zero-order chi connectivity index (χ0) is 25.4. The maximum atomic E-state index is 13.7. The fourth-order valence-corrected chi connectivity index (χ4v) is 5.88. The molecular formula is C29H20FN7O. The Kier molecular flexibility index (Phi) is 4.34. The predicted octanol–water partition coefficient (Wildman–Crippen LogP) is 5.10. The molecule has 9 heteroatoms. The minimum atomic E-state index is -0.298. The lowest BCUT2D eigenvalue weighted by Gasteiger charge is -2.30. The van der Waals surface area contributed by atoms with Crippen LogP contribution in [0.1, 0.15) is 23.3 Å². The molecule has 0 saturated heterocycles. The minimum absolute atomic E-state index is 0.0109. The maximum absolute atomic E-state index is 13.7. The van der Waals surface area contributed by atoms with Crippen LogP contribution in [0, 0.1) is 5.82 Å². The van der Waals surface area contributed by atoms with Crippen molar-refractivity contribution in [3.8, 4) is 28.5 Å². The Hall–Kier alpha value is -4.92. The average Bonchev–Trinajstić information content (AvgIpc) is 3.49. The molecule has 4 aromatic heterocycles. The number of rotatable bonds is 2. The van der Waals surface area contributed by atoms with Crippen LogP contribution in [0.25, 0.3) is 44.5 Å². The van der Waals surface area contributed by atoms with Gasteiger partial charge in [-0.1, -0.05) is 18.2 Å². The summed E-state index contributed by atoms with van der Waals surface area (Å²) in [6.45, 7) is 0.439. The van der Waals surface area contributed by atoms with Gasteiger partial charge in [0.25, 0.3) is 0 Å². The quantitative estimate of drug-likeness (QED) is 0.329. The van der Waals surface area contributed by atoms with Crippen molar-refractivity contribution in [3.63, 3.8) is 0 Å². The zero-order valence-electron chi connectivity index (χ0n) is 20.0. The van der Waals surface area contributed by atoms with Crippen molar-refractivity contribution >= 4 is 27.8 Å². The summed E-state index contributed by atoms with van der Waals surface area (Å²) in [5.74, 6) is 1.59. The number of imidazole rings is 1. The standard InChI is InChI=1S/C29H20FN7O/c30-18-7-5-16(6-8-18)26-27(21-9-11-33-29(31)34-21)37-22-14-38-28-20(19(22)13-23(37)35-26)12-17-4-3-15-2-1-10-32-24(15)25(17)36-28/h1-12,19,22H,13-14H2,(H2,31,33,34). The van der Waals surface area contributed by atoms with Crippen molar-refractivity contribution in [2.75, 3.05) is 12.3 Å². The SMILES string of the molecule is Nc1nccc(-c2c(-c3ccc(F)cc3)nc3n2C2COc4nc5c(ccc6cccnc65)cc4C2C3)n1. The highest BCUT2D eigenvalue weighted by molar-refractivity contribution is 6.03. The minimum Gasteiger partial charge on any atom is -0.475 e. The first-order valence-corrected chi connectivity index (χ1v) is 12.4. The van der Waals surface area contributed by atoms with Crippen LogP contribution < -0.4 is 10.5 Å². The summed E-state index contributed by atoms with van der Waals surface area (Å²) in [6.07, 6.45) is 4.14. The van der Waals surface area contributed by atoms with Gasteiger partial charge in [0.1, 0.15) is 23.8 Å². The van der Waals surface area contributed by atoms with E-state index in [2.05, 4.69) is 37.7 Å². The number of nitrogens with zero attached hydrogens (tertiary/aromatic N) is 6. The van der Waals surface area contributed by atoms with Gasteiger partial charge in [-0.15, -0.1) is 0 Å². The summed E-state index contributed by atoms with van der Waals surface area (Å²) in [5, 5.41) is 2.07. The Balaban J connectivity index is 1.29.